The first-order valence-electron chi connectivity index (χ1n) is 15.1. The molecular weight excluding hydrogens is 516 g/mol. The van der Waals surface area contributed by atoms with Crippen LogP contribution in [0.1, 0.15) is 68.0 Å². The van der Waals surface area contributed by atoms with Crippen molar-refractivity contribution in [3.8, 4) is 11.3 Å². The summed E-state index contributed by atoms with van der Waals surface area (Å²) < 4.78 is 0. The number of carbonyl (C=O) groups excluding carboxylic acids is 2. The van der Waals surface area contributed by atoms with Crippen molar-refractivity contribution in [1.82, 2.24) is 19.7 Å². The molecule has 5 heterocycles. The molecule has 1 aromatic carbocycles. The zero-order chi connectivity index (χ0) is 28.2. The third-order valence-electron chi connectivity index (χ3n) is 9.73. The minimum atomic E-state index is -0.539. The largest absolute Gasteiger partial charge is 0.346 e. The summed E-state index contributed by atoms with van der Waals surface area (Å²) in [6, 6.07) is 9.51. The van der Waals surface area contributed by atoms with Gasteiger partial charge in [-0.15, -0.1) is 11.3 Å². The highest BCUT2D eigenvalue weighted by Gasteiger charge is 2.43. The minimum Gasteiger partial charge on any atom is -0.346 e. The van der Waals surface area contributed by atoms with Crippen molar-refractivity contribution in [2.75, 3.05) is 39.3 Å². The molecule has 7 rings (SSSR count). The van der Waals surface area contributed by atoms with Crippen molar-refractivity contribution >= 4 is 33.4 Å². The summed E-state index contributed by atoms with van der Waals surface area (Å²) in [7, 11) is 0. The van der Waals surface area contributed by atoms with Gasteiger partial charge >= 0.3 is 0 Å². The van der Waals surface area contributed by atoms with Gasteiger partial charge in [-0.1, -0.05) is 17.2 Å². The fourth-order valence-corrected chi connectivity index (χ4v) is 8.48. The molecule has 2 bridgehead atoms. The fourth-order valence-electron chi connectivity index (χ4n) is 7.30. The first kappa shape index (κ1) is 27.5. The Hall–Kier alpha value is -2.64. The molecule has 3 saturated heterocycles. The van der Waals surface area contributed by atoms with Crippen LogP contribution >= 0.6 is 11.3 Å². The first-order valence-corrected chi connectivity index (χ1v) is 15.9. The van der Waals surface area contributed by atoms with E-state index in [1.165, 1.54) is 63.8 Å². The number of piperazine rings is 1. The summed E-state index contributed by atoms with van der Waals surface area (Å²) in [5.41, 5.74) is 5.78. The lowest BCUT2D eigenvalue weighted by Gasteiger charge is -2.47. The van der Waals surface area contributed by atoms with Crippen molar-refractivity contribution in [1.29, 1.82) is 0 Å². The summed E-state index contributed by atoms with van der Waals surface area (Å²) in [5, 5.41) is 1.26. The van der Waals surface area contributed by atoms with Gasteiger partial charge in [-0.05, 0) is 95.0 Å². The molecule has 2 amide bonds. The van der Waals surface area contributed by atoms with Crippen molar-refractivity contribution in [3.05, 3.63) is 45.8 Å². The number of nitrogens with zero attached hydrogens (tertiary/aromatic N) is 3. The average molecular weight is 561 g/mol. The zero-order valence-electron chi connectivity index (χ0n) is 24.8. The lowest BCUT2D eigenvalue weighted by atomic mass is 9.78. The lowest BCUT2D eigenvalue weighted by Crippen LogP contribution is -2.55. The second-order valence-electron chi connectivity index (χ2n) is 13.1. The Kier molecular flexibility index (Phi) is 7.32. The van der Waals surface area contributed by atoms with Gasteiger partial charge in [0.15, 0.2) is 0 Å². The molecule has 40 heavy (non-hydrogen) atoms. The van der Waals surface area contributed by atoms with Crippen molar-refractivity contribution in [3.63, 3.8) is 0 Å². The van der Waals surface area contributed by atoms with Gasteiger partial charge in [0.2, 0.25) is 11.8 Å². The Morgan fingerprint density at radius 2 is 1.65 bits per heavy atom. The van der Waals surface area contributed by atoms with Crippen molar-refractivity contribution < 1.29 is 9.59 Å². The van der Waals surface area contributed by atoms with Crippen molar-refractivity contribution in [2.45, 2.75) is 78.2 Å². The number of aromatic amines is 1. The molecule has 7 heteroatoms. The van der Waals surface area contributed by atoms with E-state index in [1.807, 2.05) is 4.90 Å². The second-order valence-corrected chi connectivity index (χ2v) is 14.1. The number of nitrogens with one attached hydrogen (secondary N) is 1. The molecule has 214 valence electrons. The van der Waals surface area contributed by atoms with Crippen LogP contribution in [0.25, 0.3) is 21.5 Å². The summed E-state index contributed by atoms with van der Waals surface area (Å²) in [6.45, 7) is 15.6. The van der Waals surface area contributed by atoms with E-state index < -0.39 is 5.41 Å². The van der Waals surface area contributed by atoms with E-state index in [0.29, 0.717) is 17.9 Å². The standard InChI is InChI=1S/C33H44N4O2S/c1-21-16-22(2)18-25(17-21)30-27(10-11-35-12-14-36(15-13-35)23(3)38)28-19-29(40-31(28)34-30)33(4,5)32(39)37-20-24-6-8-26(37)9-7-24/h16-19,24,26,34H,6-15,20H2,1-5H3. The smallest absolute Gasteiger partial charge is 0.233 e. The van der Waals surface area contributed by atoms with Gasteiger partial charge in [0.25, 0.3) is 0 Å². The van der Waals surface area contributed by atoms with Gasteiger partial charge in [0.05, 0.1) is 11.1 Å². The maximum absolute atomic E-state index is 14.0. The number of H-pyrrole nitrogens is 1. The summed E-state index contributed by atoms with van der Waals surface area (Å²) in [4.78, 5) is 38.5. The first-order chi connectivity index (χ1) is 19.1. The van der Waals surface area contributed by atoms with Gasteiger partial charge in [-0.2, -0.15) is 0 Å². The van der Waals surface area contributed by atoms with Crippen LogP contribution in [0.2, 0.25) is 0 Å². The molecule has 6 nitrogen and oxygen atoms in total. The number of fused-ring (bicyclic) bond motifs is 4. The number of benzene rings is 1. The summed E-state index contributed by atoms with van der Waals surface area (Å²) in [5.74, 6) is 1.15. The summed E-state index contributed by atoms with van der Waals surface area (Å²) in [6.07, 6.45) is 5.84. The van der Waals surface area contributed by atoms with Crippen LogP contribution < -0.4 is 0 Å². The quantitative estimate of drug-likeness (QED) is 0.409. The Labute approximate surface area is 242 Å². The Morgan fingerprint density at radius 3 is 2.25 bits per heavy atom. The normalized spacial score (nSPS) is 21.9. The molecule has 1 saturated carbocycles. The van der Waals surface area contributed by atoms with Gasteiger partial charge in [0, 0.05) is 62.5 Å². The summed E-state index contributed by atoms with van der Waals surface area (Å²) >= 11 is 1.76. The predicted octanol–water partition coefficient (Wildman–Crippen LogP) is 5.90. The van der Waals surface area contributed by atoms with Crippen LogP contribution in [0.4, 0.5) is 0 Å². The predicted molar refractivity (Wildman–Crippen MR) is 164 cm³/mol. The van der Waals surface area contributed by atoms with Gasteiger partial charge in [-0.25, -0.2) is 0 Å². The van der Waals surface area contributed by atoms with E-state index in [2.05, 4.69) is 66.7 Å². The number of aryl methyl sites for hydroxylation is 2. The van der Waals surface area contributed by atoms with Crippen LogP contribution in [0.5, 0.6) is 0 Å². The molecule has 2 aromatic heterocycles. The Bertz CT molecular complexity index is 1400. The maximum atomic E-state index is 14.0. The molecule has 3 aliphatic heterocycles. The molecular formula is C33H44N4O2S. The highest BCUT2D eigenvalue weighted by atomic mass is 32.1. The van der Waals surface area contributed by atoms with E-state index in [-0.39, 0.29) is 5.91 Å². The number of aromatic nitrogens is 1. The van der Waals surface area contributed by atoms with Crippen LogP contribution in [0.3, 0.4) is 0 Å². The van der Waals surface area contributed by atoms with E-state index in [1.54, 1.807) is 18.3 Å². The molecule has 0 atom stereocenters. The molecule has 0 spiro atoms. The maximum Gasteiger partial charge on any atom is 0.233 e. The van der Waals surface area contributed by atoms with E-state index in [4.69, 9.17) is 0 Å². The Morgan fingerprint density at radius 1 is 0.975 bits per heavy atom. The molecule has 4 aliphatic rings. The van der Waals surface area contributed by atoms with Gasteiger partial charge in [0.1, 0.15) is 4.83 Å². The molecule has 4 fully saturated rings. The van der Waals surface area contributed by atoms with Crippen LogP contribution in [0.15, 0.2) is 24.3 Å². The monoisotopic (exact) mass is 560 g/mol. The number of carbonyl (C=O) groups is 2. The fraction of sp³-hybridized carbons (Fsp3) is 0.576. The van der Waals surface area contributed by atoms with E-state index in [9.17, 15) is 9.59 Å². The molecule has 0 unspecified atom stereocenters. The lowest BCUT2D eigenvalue weighted by molar-refractivity contribution is -0.143. The minimum absolute atomic E-state index is 0.171. The number of amides is 2. The average Bonchev–Trinajstić information content (AvgIpc) is 3.51. The van der Waals surface area contributed by atoms with Crippen LogP contribution in [0, 0.1) is 19.8 Å². The van der Waals surface area contributed by atoms with E-state index in [0.717, 1.165) is 50.6 Å². The number of hydrogen-bond donors (Lipinski definition) is 1. The van der Waals surface area contributed by atoms with Gasteiger partial charge < -0.3 is 14.8 Å². The SMILES string of the molecule is CC(=O)N1CCN(CCc2c(-c3cc(C)cc(C)c3)[nH]c3sc(C(C)(C)C(=O)N4CC5CCC4CC5)cc23)CC1. The molecule has 1 aliphatic carbocycles. The number of piperidine rings is 2. The second kappa shape index (κ2) is 10.6. The van der Waals surface area contributed by atoms with E-state index >= 15 is 0 Å². The van der Waals surface area contributed by atoms with Crippen LogP contribution in [-0.4, -0.2) is 76.8 Å². The van der Waals surface area contributed by atoms with Crippen LogP contribution in [-0.2, 0) is 21.4 Å². The topological polar surface area (TPSA) is 59.7 Å². The Balaban J connectivity index is 1.31. The third-order valence-corrected chi connectivity index (χ3v) is 11.1. The number of rotatable bonds is 6. The molecule has 3 aromatic rings. The highest BCUT2D eigenvalue weighted by Crippen LogP contribution is 2.43. The highest BCUT2D eigenvalue weighted by molar-refractivity contribution is 7.19. The van der Waals surface area contributed by atoms with Crippen molar-refractivity contribution in [2.24, 2.45) is 5.92 Å². The number of thiophene rings is 1. The molecule has 0 radical (unpaired) electrons. The zero-order valence-corrected chi connectivity index (χ0v) is 25.6. The van der Waals surface area contributed by atoms with Gasteiger partial charge in [-0.3, -0.25) is 14.5 Å². The molecule has 1 N–H and O–H groups in total. The third kappa shape index (κ3) is 5.11. The number of hydrogen-bond acceptors (Lipinski definition) is 4.